The lowest BCUT2D eigenvalue weighted by atomic mass is 10.1. The van der Waals surface area contributed by atoms with Crippen molar-refractivity contribution in [1.29, 1.82) is 0 Å². The van der Waals surface area contributed by atoms with Crippen LogP contribution in [-0.2, 0) is 0 Å². The van der Waals surface area contributed by atoms with Crippen LogP contribution >= 0.6 is 0 Å². The van der Waals surface area contributed by atoms with Gasteiger partial charge in [0.05, 0.1) is 5.70 Å². The van der Waals surface area contributed by atoms with Crippen molar-refractivity contribution in [3.63, 3.8) is 0 Å². The average Bonchev–Trinajstić information content (AvgIpc) is 2.08. The van der Waals surface area contributed by atoms with Gasteiger partial charge in [-0.05, 0) is 37.1 Å². The van der Waals surface area contributed by atoms with E-state index in [1.807, 2.05) is 13.0 Å². The van der Waals surface area contributed by atoms with E-state index in [4.69, 9.17) is 4.74 Å². The van der Waals surface area contributed by atoms with Crippen molar-refractivity contribution in [3.8, 4) is 5.75 Å². The summed E-state index contributed by atoms with van der Waals surface area (Å²) in [6, 6.07) is 6.21. The van der Waals surface area contributed by atoms with Gasteiger partial charge in [0.25, 0.3) is 0 Å². The van der Waals surface area contributed by atoms with Crippen LogP contribution in [0.5, 0.6) is 5.75 Å². The zero-order chi connectivity index (χ0) is 9.97. The van der Waals surface area contributed by atoms with Gasteiger partial charge in [-0.3, -0.25) is 4.99 Å². The standard InChI is InChI=1S/C12H13NO/c1-9-3-4-10(2)12(7-9)14-8-11-5-6-13-11/h3-7H,8H2,1-2H3. The van der Waals surface area contributed by atoms with Crippen molar-refractivity contribution in [3.05, 3.63) is 41.1 Å². The maximum absolute atomic E-state index is 5.64. The Kier molecular flexibility index (Phi) is 2.35. The van der Waals surface area contributed by atoms with Crippen LogP contribution in [0.3, 0.4) is 0 Å². The first-order valence-electron chi connectivity index (χ1n) is 4.69. The monoisotopic (exact) mass is 187 g/mol. The summed E-state index contributed by atoms with van der Waals surface area (Å²) in [5, 5.41) is 0. The molecule has 0 unspecified atom stereocenters. The van der Waals surface area contributed by atoms with E-state index >= 15 is 0 Å². The van der Waals surface area contributed by atoms with E-state index in [0.29, 0.717) is 6.61 Å². The van der Waals surface area contributed by atoms with Crippen molar-refractivity contribution in [1.82, 2.24) is 0 Å². The van der Waals surface area contributed by atoms with E-state index in [0.717, 1.165) is 11.4 Å². The van der Waals surface area contributed by atoms with Crippen LogP contribution in [0.15, 0.2) is 35.0 Å². The molecule has 2 nitrogen and oxygen atoms in total. The molecule has 1 aliphatic rings. The Morgan fingerprint density at radius 1 is 1.29 bits per heavy atom. The third kappa shape index (κ3) is 1.84. The number of aliphatic imine (C=N–C) groups is 1. The van der Waals surface area contributed by atoms with Crippen molar-refractivity contribution >= 4 is 6.21 Å². The highest BCUT2D eigenvalue weighted by molar-refractivity contribution is 5.79. The Hall–Kier alpha value is -1.57. The molecule has 2 rings (SSSR count). The lowest BCUT2D eigenvalue weighted by Gasteiger charge is -2.11. The highest BCUT2D eigenvalue weighted by Gasteiger charge is 2.03. The Bertz CT molecular complexity index is 405. The fourth-order valence-electron chi connectivity index (χ4n) is 1.28. The van der Waals surface area contributed by atoms with Gasteiger partial charge in [0.15, 0.2) is 0 Å². The molecule has 0 atom stereocenters. The zero-order valence-corrected chi connectivity index (χ0v) is 8.45. The van der Waals surface area contributed by atoms with Gasteiger partial charge in [0.2, 0.25) is 0 Å². The van der Waals surface area contributed by atoms with Gasteiger partial charge >= 0.3 is 0 Å². The Morgan fingerprint density at radius 2 is 2.07 bits per heavy atom. The Balaban J connectivity index is 2.04. The first-order valence-corrected chi connectivity index (χ1v) is 4.69. The minimum absolute atomic E-state index is 0.570. The Morgan fingerprint density at radius 3 is 2.71 bits per heavy atom. The molecule has 0 fully saturated rings. The van der Waals surface area contributed by atoms with Crippen molar-refractivity contribution in [2.24, 2.45) is 4.99 Å². The average molecular weight is 187 g/mol. The van der Waals surface area contributed by atoms with Gasteiger partial charge in [-0.25, -0.2) is 0 Å². The quantitative estimate of drug-likeness (QED) is 0.712. The summed E-state index contributed by atoms with van der Waals surface area (Å²) < 4.78 is 5.64. The second-order valence-corrected chi connectivity index (χ2v) is 3.49. The summed E-state index contributed by atoms with van der Waals surface area (Å²) in [5.74, 6) is 0.952. The molecule has 2 heteroatoms. The second kappa shape index (κ2) is 3.66. The number of ether oxygens (including phenoxy) is 1. The smallest absolute Gasteiger partial charge is 0.130 e. The molecule has 1 heterocycles. The molecule has 0 amide bonds. The van der Waals surface area contributed by atoms with Gasteiger partial charge in [-0.1, -0.05) is 12.1 Å². The van der Waals surface area contributed by atoms with Gasteiger partial charge in [-0.15, -0.1) is 0 Å². The van der Waals surface area contributed by atoms with Crippen molar-refractivity contribution in [2.45, 2.75) is 13.8 Å². The van der Waals surface area contributed by atoms with Gasteiger partial charge in [0, 0.05) is 6.21 Å². The molecule has 1 aliphatic heterocycles. The van der Waals surface area contributed by atoms with Gasteiger partial charge < -0.3 is 4.74 Å². The molecule has 0 saturated carbocycles. The van der Waals surface area contributed by atoms with Crippen LogP contribution in [0, 0.1) is 13.8 Å². The predicted octanol–water partition coefficient (Wildman–Crippen LogP) is 2.65. The summed E-state index contributed by atoms with van der Waals surface area (Å²) in [5.41, 5.74) is 3.39. The lowest BCUT2D eigenvalue weighted by molar-refractivity contribution is 0.347. The van der Waals surface area contributed by atoms with E-state index < -0.39 is 0 Å². The minimum atomic E-state index is 0.570. The largest absolute Gasteiger partial charge is 0.487 e. The SMILES string of the molecule is Cc1ccc(C)c(OCC2=CC=N2)c1. The summed E-state index contributed by atoms with van der Waals surface area (Å²) in [4.78, 5) is 4.05. The van der Waals surface area contributed by atoms with Crippen LogP contribution in [0.25, 0.3) is 0 Å². The first kappa shape index (κ1) is 9.00. The number of benzene rings is 1. The van der Waals surface area contributed by atoms with Crippen LogP contribution in [0.2, 0.25) is 0 Å². The number of aryl methyl sites for hydroxylation is 2. The fourth-order valence-corrected chi connectivity index (χ4v) is 1.28. The van der Waals surface area contributed by atoms with E-state index in [9.17, 15) is 0 Å². The molecule has 1 aromatic carbocycles. The van der Waals surface area contributed by atoms with E-state index in [1.54, 1.807) is 6.21 Å². The third-order valence-corrected chi connectivity index (χ3v) is 2.23. The molecule has 1 aromatic rings. The van der Waals surface area contributed by atoms with Crippen LogP contribution in [0.4, 0.5) is 0 Å². The zero-order valence-electron chi connectivity index (χ0n) is 8.45. The predicted molar refractivity (Wildman–Crippen MR) is 58.0 cm³/mol. The highest BCUT2D eigenvalue weighted by atomic mass is 16.5. The second-order valence-electron chi connectivity index (χ2n) is 3.49. The first-order chi connectivity index (χ1) is 6.75. The van der Waals surface area contributed by atoms with Gasteiger partial charge in [0.1, 0.15) is 12.4 Å². The molecular weight excluding hydrogens is 174 g/mol. The summed E-state index contributed by atoms with van der Waals surface area (Å²) in [7, 11) is 0. The normalized spacial score (nSPS) is 13.4. The molecule has 0 N–H and O–H groups in total. The number of hydrogen-bond donors (Lipinski definition) is 0. The summed E-state index contributed by atoms with van der Waals surface area (Å²) in [6.07, 6.45) is 3.74. The summed E-state index contributed by atoms with van der Waals surface area (Å²) in [6.45, 7) is 4.68. The van der Waals surface area contributed by atoms with E-state index in [-0.39, 0.29) is 0 Å². The minimum Gasteiger partial charge on any atom is -0.487 e. The Labute approximate surface area is 83.9 Å². The molecule has 72 valence electrons. The molecule has 0 radical (unpaired) electrons. The van der Waals surface area contributed by atoms with E-state index in [1.165, 1.54) is 11.1 Å². The molecule has 0 spiro atoms. The van der Waals surface area contributed by atoms with E-state index in [2.05, 4.69) is 30.1 Å². The number of hydrogen-bond acceptors (Lipinski definition) is 2. The topological polar surface area (TPSA) is 21.6 Å². The molecule has 0 aromatic heterocycles. The van der Waals surface area contributed by atoms with Gasteiger partial charge in [-0.2, -0.15) is 0 Å². The van der Waals surface area contributed by atoms with Crippen LogP contribution < -0.4 is 4.74 Å². The molecule has 0 bridgehead atoms. The summed E-state index contributed by atoms with van der Waals surface area (Å²) >= 11 is 0. The molecule has 0 aliphatic carbocycles. The highest BCUT2D eigenvalue weighted by Crippen LogP contribution is 2.20. The molecule has 14 heavy (non-hydrogen) atoms. The number of allylic oxidation sites excluding steroid dienone is 1. The number of rotatable bonds is 3. The number of nitrogens with zero attached hydrogens (tertiary/aromatic N) is 1. The third-order valence-electron chi connectivity index (χ3n) is 2.23. The lowest BCUT2D eigenvalue weighted by Crippen LogP contribution is -2.05. The maximum atomic E-state index is 5.64. The van der Waals surface area contributed by atoms with Crippen LogP contribution in [0.1, 0.15) is 11.1 Å². The van der Waals surface area contributed by atoms with Crippen LogP contribution in [-0.4, -0.2) is 12.8 Å². The fraction of sp³-hybridized carbons (Fsp3) is 0.250. The molecular formula is C12H13NO. The van der Waals surface area contributed by atoms with Crippen molar-refractivity contribution < 1.29 is 4.74 Å². The maximum Gasteiger partial charge on any atom is 0.130 e. The van der Waals surface area contributed by atoms with Crippen molar-refractivity contribution in [2.75, 3.05) is 6.61 Å². The molecule has 0 saturated heterocycles.